The molecule has 3 rings (SSSR count). The molecule has 14 nitrogen and oxygen atoms in total. The zero-order valence-electron chi connectivity index (χ0n) is 26.4. The molecule has 3 aliphatic heterocycles. The largest absolute Gasteiger partial charge is 0.378 e. The van der Waals surface area contributed by atoms with Gasteiger partial charge in [0.05, 0.1) is 106 Å². The molecule has 2 bridgehead atoms. The highest BCUT2D eigenvalue weighted by atomic mass is 32.1. The van der Waals surface area contributed by atoms with Crippen LogP contribution in [-0.4, -0.2) is 191 Å². The molecule has 0 saturated carbocycles. The van der Waals surface area contributed by atoms with Crippen molar-refractivity contribution in [1.29, 1.82) is 0 Å². The molecule has 0 aromatic heterocycles. The van der Waals surface area contributed by atoms with Crippen molar-refractivity contribution in [3.8, 4) is 0 Å². The van der Waals surface area contributed by atoms with Gasteiger partial charge in [0.25, 0.3) is 0 Å². The van der Waals surface area contributed by atoms with Crippen molar-refractivity contribution >= 4 is 34.7 Å². The van der Waals surface area contributed by atoms with E-state index >= 15 is 0 Å². The molecule has 0 unspecified atom stereocenters. The van der Waals surface area contributed by atoms with Crippen LogP contribution in [0.15, 0.2) is 0 Å². The second-order valence-electron chi connectivity index (χ2n) is 9.95. The molecule has 3 fully saturated rings. The first-order chi connectivity index (χ1) is 21.7. The molecule has 16 heteroatoms. The van der Waals surface area contributed by atoms with Crippen LogP contribution < -0.4 is 21.3 Å². The normalized spacial score (nSPS) is 26.6. The van der Waals surface area contributed by atoms with Crippen molar-refractivity contribution in [3.63, 3.8) is 0 Å². The van der Waals surface area contributed by atoms with Crippen LogP contribution >= 0.6 is 24.4 Å². The molecular formula is C28H56N6O8S2. The summed E-state index contributed by atoms with van der Waals surface area (Å²) in [5.74, 6) is 0. The fourth-order valence-electron chi connectivity index (χ4n) is 4.10. The van der Waals surface area contributed by atoms with Crippen molar-refractivity contribution in [2.45, 2.75) is 0 Å². The van der Waals surface area contributed by atoms with Crippen LogP contribution in [-0.2, 0) is 37.9 Å². The molecule has 3 aliphatic rings. The lowest BCUT2D eigenvalue weighted by atomic mass is 10.4. The lowest BCUT2D eigenvalue weighted by molar-refractivity contribution is -0.000631. The Hall–Kier alpha value is -1.02. The van der Waals surface area contributed by atoms with E-state index in [1.54, 1.807) is 0 Å². The quantitative estimate of drug-likeness (QED) is 0.180. The maximum atomic E-state index is 5.84. The van der Waals surface area contributed by atoms with Gasteiger partial charge in [0.1, 0.15) is 0 Å². The summed E-state index contributed by atoms with van der Waals surface area (Å²) < 4.78 is 45.7. The lowest BCUT2D eigenvalue weighted by Crippen LogP contribution is -2.43. The van der Waals surface area contributed by atoms with E-state index in [1.165, 1.54) is 0 Å². The van der Waals surface area contributed by atoms with E-state index in [0.29, 0.717) is 129 Å². The van der Waals surface area contributed by atoms with E-state index in [4.69, 9.17) is 62.3 Å². The van der Waals surface area contributed by atoms with Crippen LogP contribution in [0.1, 0.15) is 0 Å². The molecule has 0 aromatic carbocycles. The maximum absolute atomic E-state index is 5.84. The van der Waals surface area contributed by atoms with Crippen molar-refractivity contribution in [2.24, 2.45) is 0 Å². The second-order valence-corrected chi connectivity index (χ2v) is 10.8. The molecule has 0 atom stereocenters. The van der Waals surface area contributed by atoms with Gasteiger partial charge in [0.15, 0.2) is 10.2 Å². The van der Waals surface area contributed by atoms with Crippen LogP contribution in [0.5, 0.6) is 0 Å². The SMILES string of the molecule is S=C1NCCOCCOCCOCCOCCNC(=S)NCCN2CCOCCOCCN(CCN1)CCOCCOCC2. The standard InChI is InChI=1S/C28H56N6O8S2/c43-27-29-1-5-33-7-13-37-19-21-39-15-9-34(10-16-40-22-20-38-14-8-33)6-2-30-28(44)32-4-12-36-18-24-42-26-25-41-23-17-35-11-3-31-27/h1-26H2,(H2,29,31,43)(H2,30,32,44). The molecule has 0 aromatic rings. The summed E-state index contributed by atoms with van der Waals surface area (Å²) in [6.45, 7) is 16.5. The molecule has 0 aliphatic carbocycles. The molecule has 44 heavy (non-hydrogen) atoms. The summed E-state index contributed by atoms with van der Waals surface area (Å²) in [6.07, 6.45) is 0. The van der Waals surface area contributed by atoms with Gasteiger partial charge >= 0.3 is 0 Å². The maximum Gasteiger partial charge on any atom is 0.166 e. The molecule has 0 amide bonds. The molecule has 3 heterocycles. The Morgan fingerprint density at radius 1 is 0.318 bits per heavy atom. The highest BCUT2D eigenvalue weighted by Gasteiger charge is 2.09. The number of rotatable bonds is 0. The van der Waals surface area contributed by atoms with E-state index in [0.717, 1.165) is 52.4 Å². The van der Waals surface area contributed by atoms with Crippen LogP contribution in [0.4, 0.5) is 0 Å². The summed E-state index contributed by atoms with van der Waals surface area (Å²) in [4.78, 5) is 4.61. The number of thiocarbonyl (C=S) groups is 2. The predicted molar refractivity (Wildman–Crippen MR) is 177 cm³/mol. The topological polar surface area (TPSA) is 128 Å². The fourth-order valence-corrected chi connectivity index (χ4v) is 4.51. The van der Waals surface area contributed by atoms with Crippen LogP contribution in [0.2, 0.25) is 0 Å². The smallest absolute Gasteiger partial charge is 0.166 e. The van der Waals surface area contributed by atoms with E-state index in [2.05, 4.69) is 31.1 Å². The van der Waals surface area contributed by atoms with Gasteiger partial charge in [-0.05, 0) is 24.4 Å². The lowest BCUT2D eigenvalue weighted by Gasteiger charge is -2.24. The minimum atomic E-state index is 0.517. The third-order valence-electron chi connectivity index (χ3n) is 6.56. The summed E-state index contributed by atoms with van der Waals surface area (Å²) >= 11 is 10.8. The van der Waals surface area contributed by atoms with E-state index < -0.39 is 0 Å². The molecule has 258 valence electrons. The number of nitrogens with one attached hydrogen (secondary N) is 4. The van der Waals surface area contributed by atoms with Crippen LogP contribution in [0.3, 0.4) is 0 Å². The van der Waals surface area contributed by atoms with Crippen molar-refractivity contribution in [3.05, 3.63) is 0 Å². The molecular weight excluding hydrogens is 612 g/mol. The molecule has 3 saturated heterocycles. The Kier molecular flexibility index (Phi) is 26.2. The van der Waals surface area contributed by atoms with E-state index in [-0.39, 0.29) is 0 Å². The Bertz CT molecular complexity index is 631. The van der Waals surface area contributed by atoms with Gasteiger partial charge in [0, 0.05) is 65.4 Å². The Morgan fingerprint density at radius 2 is 0.568 bits per heavy atom. The summed E-state index contributed by atoms with van der Waals surface area (Å²) in [6, 6.07) is 0. The van der Waals surface area contributed by atoms with Gasteiger partial charge in [-0.2, -0.15) is 0 Å². The summed E-state index contributed by atoms with van der Waals surface area (Å²) in [7, 11) is 0. The second kappa shape index (κ2) is 29.4. The van der Waals surface area contributed by atoms with Gasteiger partial charge in [0.2, 0.25) is 0 Å². The molecule has 0 radical (unpaired) electrons. The highest BCUT2D eigenvalue weighted by molar-refractivity contribution is 7.80. The van der Waals surface area contributed by atoms with Gasteiger partial charge in [-0.1, -0.05) is 0 Å². The minimum Gasteiger partial charge on any atom is -0.378 e. The number of hydrogen-bond donors (Lipinski definition) is 4. The summed E-state index contributed by atoms with van der Waals surface area (Å²) in [5, 5.41) is 14.1. The first-order valence-corrected chi connectivity index (χ1v) is 16.7. The number of ether oxygens (including phenoxy) is 8. The average molecular weight is 669 g/mol. The number of nitrogens with zero attached hydrogens (tertiary/aromatic N) is 2. The van der Waals surface area contributed by atoms with Gasteiger partial charge in [-0.25, -0.2) is 0 Å². The predicted octanol–water partition coefficient (Wildman–Crippen LogP) is -1.32. The molecule has 0 spiro atoms. The molecule has 4 N–H and O–H groups in total. The van der Waals surface area contributed by atoms with E-state index in [1.807, 2.05) is 0 Å². The van der Waals surface area contributed by atoms with Crippen molar-refractivity contribution in [1.82, 2.24) is 31.1 Å². The first kappa shape index (κ1) is 39.2. The number of hydrogen-bond acceptors (Lipinski definition) is 12. The Labute approximate surface area is 274 Å². The van der Waals surface area contributed by atoms with Gasteiger partial charge in [-0.3, -0.25) is 9.80 Å². The van der Waals surface area contributed by atoms with Crippen LogP contribution in [0.25, 0.3) is 0 Å². The van der Waals surface area contributed by atoms with Gasteiger partial charge in [-0.15, -0.1) is 0 Å². The third kappa shape index (κ3) is 24.2. The monoisotopic (exact) mass is 668 g/mol. The summed E-state index contributed by atoms with van der Waals surface area (Å²) in [5.41, 5.74) is 0. The minimum absolute atomic E-state index is 0.517. The van der Waals surface area contributed by atoms with E-state index in [9.17, 15) is 0 Å². The van der Waals surface area contributed by atoms with Crippen molar-refractivity contribution in [2.75, 3.05) is 171 Å². The Morgan fingerprint density at radius 3 is 0.886 bits per heavy atom. The van der Waals surface area contributed by atoms with Gasteiger partial charge < -0.3 is 59.2 Å². The first-order valence-electron chi connectivity index (χ1n) is 15.8. The third-order valence-corrected chi connectivity index (χ3v) is 7.14. The Balaban J connectivity index is 1.80. The average Bonchev–Trinajstić information content (AvgIpc) is 3.01. The number of fused-ring (bicyclic) bond motifs is 37. The fraction of sp³-hybridized carbons (Fsp3) is 0.929. The zero-order chi connectivity index (χ0) is 31.2. The highest BCUT2D eigenvalue weighted by Crippen LogP contribution is 1.94. The zero-order valence-corrected chi connectivity index (χ0v) is 28.0. The van der Waals surface area contributed by atoms with Crippen LogP contribution in [0, 0.1) is 0 Å². The van der Waals surface area contributed by atoms with Crippen molar-refractivity contribution < 1.29 is 37.9 Å².